The molecule has 0 spiro atoms. The molecule has 0 radical (unpaired) electrons. The fourth-order valence-corrected chi connectivity index (χ4v) is 3.41. The van der Waals surface area contributed by atoms with E-state index in [-0.39, 0.29) is 11.6 Å². The summed E-state index contributed by atoms with van der Waals surface area (Å²) < 4.78 is 41.0. The Morgan fingerprint density at radius 3 is 2.48 bits per heavy atom. The van der Waals surface area contributed by atoms with Gasteiger partial charge in [-0.3, -0.25) is 9.59 Å². The maximum atomic E-state index is 13.0. The van der Waals surface area contributed by atoms with Gasteiger partial charge in [0.1, 0.15) is 0 Å². The van der Waals surface area contributed by atoms with Gasteiger partial charge in [-0.15, -0.1) is 0 Å². The number of anilines is 1. The van der Waals surface area contributed by atoms with Crippen molar-refractivity contribution in [3.05, 3.63) is 71.1 Å². The largest absolute Gasteiger partial charge is 0.416 e. The van der Waals surface area contributed by atoms with Gasteiger partial charge >= 0.3 is 6.18 Å². The first-order valence-corrected chi connectivity index (χ1v) is 10.7. The SMILES string of the molecule is CC=CC=C(C)c1cc(C(=O)Nc2cccc(C(F)(F)F)c2)c(C)n1CCCN(C)C(C)=O. The Morgan fingerprint density at radius 1 is 1.18 bits per heavy atom. The van der Waals surface area contributed by atoms with E-state index < -0.39 is 17.6 Å². The van der Waals surface area contributed by atoms with Gasteiger partial charge in [-0.1, -0.05) is 24.3 Å². The van der Waals surface area contributed by atoms with Crippen molar-refractivity contribution >= 4 is 23.1 Å². The lowest BCUT2D eigenvalue weighted by molar-refractivity contribution is -0.137. The van der Waals surface area contributed by atoms with Crippen LogP contribution in [0.25, 0.3) is 5.57 Å². The summed E-state index contributed by atoms with van der Waals surface area (Å²) in [5.41, 5.74) is 2.12. The minimum atomic E-state index is -4.49. The molecule has 0 aliphatic rings. The summed E-state index contributed by atoms with van der Waals surface area (Å²) in [5, 5.41) is 2.58. The van der Waals surface area contributed by atoms with Crippen LogP contribution in [0.2, 0.25) is 0 Å². The number of hydrogen-bond donors (Lipinski definition) is 1. The van der Waals surface area contributed by atoms with E-state index in [0.717, 1.165) is 23.4 Å². The maximum Gasteiger partial charge on any atom is 0.416 e. The molecule has 0 aliphatic carbocycles. The highest BCUT2D eigenvalue weighted by Crippen LogP contribution is 2.31. The van der Waals surface area contributed by atoms with E-state index in [2.05, 4.69) is 5.32 Å². The highest BCUT2D eigenvalue weighted by Gasteiger charge is 2.30. The predicted molar refractivity (Wildman–Crippen MR) is 125 cm³/mol. The molecule has 0 fully saturated rings. The van der Waals surface area contributed by atoms with Crippen molar-refractivity contribution in [3.63, 3.8) is 0 Å². The van der Waals surface area contributed by atoms with Crippen LogP contribution in [0.1, 0.15) is 54.5 Å². The quantitative estimate of drug-likeness (QED) is 0.497. The van der Waals surface area contributed by atoms with E-state index in [1.165, 1.54) is 19.1 Å². The van der Waals surface area contributed by atoms with E-state index in [9.17, 15) is 22.8 Å². The number of aromatic nitrogens is 1. The van der Waals surface area contributed by atoms with E-state index in [1.54, 1.807) is 18.0 Å². The third-order valence-electron chi connectivity index (χ3n) is 5.41. The molecule has 0 saturated heterocycles. The molecule has 1 heterocycles. The summed E-state index contributed by atoms with van der Waals surface area (Å²) >= 11 is 0. The molecule has 0 atom stereocenters. The highest BCUT2D eigenvalue weighted by atomic mass is 19.4. The van der Waals surface area contributed by atoms with Crippen molar-refractivity contribution in [1.82, 2.24) is 9.47 Å². The number of carbonyl (C=O) groups excluding carboxylic acids is 2. The molecular weight excluding hydrogens is 431 g/mol. The lowest BCUT2D eigenvalue weighted by atomic mass is 10.1. The van der Waals surface area contributed by atoms with Gasteiger partial charge in [-0.2, -0.15) is 13.2 Å². The molecule has 33 heavy (non-hydrogen) atoms. The number of alkyl halides is 3. The lowest BCUT2D eigenvalue weighted by Gasteiger charge is -2.17. The number of halogens is 3. The third kappa shape index (κ3) is 6.84. The Kier molecular flexibility index (Phi) is 8.68. The van der Waals surface area contributed by atoms with Gasteiger partial charge < -0.3 is 14.8 Å². The lowest BCUT2D eigenvalue weighted by Crippen LogP contribution is -2.25. The minimum Gasteiger partial charge on any atom is -0.346 e. The number of nitrogens with one attached hydrogen (secondary N) is 1. The first kappa shape index (κ1) is 26.0. The third-order valence-corrected chi connectivity index (χ3v) is 5.41. The highest BCUT2D eigenvalue weighted by molar-refractivity contribution is 6.05. The first-order chi connectivity index (χ1) is 15.5. The number of allylic oxidation sites excluding steroid dienone is 4. The second-order valence-corrected chi connectivity index (χ2v) is 7.88. The average Bonchev–Trinajstić information content (AvgIpc) is 3.08. The number of rotatable bonds is 8. The van der Waals surface area contributed by atoms with Gasteiger partial charge in [0.2, 0.25) is 5.91 Å². The van der Waals surface area contributed by atoms with Crippen LogP contribution in [0.5, 0.6) is 0 Å². The number of amides is 2. The summed E-state index contributed by atoms with van der Waals surface area (Å²) in [4.78, 5) is 26.1. The zero-order valence-corrected chi connectivity index (χ0v) is 19.6. The predicted octanol–water partition coefficient (Wildman–Crippen LogP) is 5.92. The van der Waals surface area contributed by atoms with Gasteiger partial charge in [0.25, 0.3) is 5.91 Å². The molecule has 0 saturated carbocycles. The molecule has 0 aliphatic heterocycles. The fraction of sp³-hybridized carbons (Fsp3) is 0.360. The molecule has 0 bridgehead atoms. The summed E-state index contributed by atoms with van der Waals surface area (Å²) in [6.07, 6.45) is 1.92. The van der Waals surface area contributed by atoms with Crippen LogP contribution in [0, 0.1) is 6.92 Å². The molecule has 178 valence electrons. The second kappa shape index (κ2) is 11.0. The van der Waals surface area contributed by atoms with Crippen molar-refractivity contribution in [2.45, 2.75) is 46.8 Å². The van der Waals surface area contributed by atoms with Gasteiger partial charge in [0, 0.05) is 44.1 Å². The Balaban J connectivity index is 2.35. The summed E-state index contributed by atoms with van der Waals surface area (Å²) in [6, 6.07) is 6.32. The van der Waals surface area contributed by atoms with Crippen LogP contribution in [-0.4, -0.2) is 34.9 Å². The molecule has 1 N–H and O–H groups in total. The smallest absolute Gasteiger partial charge is 0.346 e. The fourth-order valence-electron chi connectivity index (χ4n) is 3.41. The van der Waals surface area contributed by atoms with Crippen molar-refractivity contribution < 1.29 is 22.8 Å². The molecule has 2 aromatic rings. The molecule has 2 amide bonds. The van der Waals surface area contributed by atoms with Gasteiger partial charge in [-0.25, -0.2) is 0 Å². The Morgan fingerprint density at radius 2 is 1.88 bits per heavy atom. The average molecular weight is 462 g/mol. The Bertz CT molecular complexity index is 1070. The van der Waals surface area contributed by atoms with Gasteiger partial charge in [0.05, 0.1) is 11.1 Å². The summed E-state index contributed by atoms with van der Waals surface area (Å²) in [6.45, 7) is 8.29. The van der Waals surface area contributed by atoms with Crippen LogP contribution in [0.3, 0.4) is 0 Å². The van der Waals surface area contributed by atoms with Crippen molar-refractivity contribution in [3.8, 4) is 0 Å². The molecule has 1 aromatic carbocycles. The maximum absolute atomic E-state index is 13.0. The molecule has 2 rings (SSSR count). The van der Waals surface area contributed by atoms with Crippen molar-refractivity contribution in [1.29, 1.82) is 0 Å². The second-order valence-electron chi connectivity index (χ2n) is 7.88. The zero-order valence-electron chi connectivity index (χ0n) is 19.6. The van der Waals surface area contributed by atoms with E-state index in [1.807, 2.05) is 43.6 Å². The normalized spacial score (nSPS) is 12.3. The van der Waals surface area contributed by atoms with Crippen LogP contribution in [0.4, 0.5) is 18.9 Å². The minimum absolute atomic E-state index is 0.0234. The van der Waals surface area contributed by atoms with Crippen molar-refractivity contribution in [2.24, 2.45) is 0 Å². The topological polar surface area (TPSA) is 54.3 Å². The van der Waals surface area contributed by atoms with Crippen molar-refractivity contribution in [2.75, 3.05) is 18.9 Å². The number of carbonyl (C=O) groups is 2. The van der Waals surface area contributed by atoms with Crippen LogP contribution in [0.15, 0.2) is 48.6 Å². The Hall–Kier alpha value is -3.29. The number of nitrogens with zero attached hydrogens (tertiary/aromatic N) is 2. The van der Waals surface area contributed by atoms with E-state index >= 15 is 0 Å². The summed E-state index contributed by atoms with van der Waals surface area (Å²) in [7, 11) is 1.73. The van der Waals surface area contributed by atoms with Gasteiger partial charge in [0.15, 0.2) is 0 Å². The molecular formula is C25H30F3N3O2. The van der Waals surface area contributed by atoms with Gasteiger partial charge in [-0.05, 0) is 57.0 Å². The monoisotopic (exact) mass is 461 g/mol. The molecule has 0 unspecified atom stereocenters. The molecule has 8 heteroatoms. The molecule has 5 nitrogen and oxygen atoms in total. The number of hydrogen-bond acceptors (Lipinski definition) is 2. The van der Waals surface area contributed by atoms with Crippen LogP contribution < -0.4 is 5.32 Å². The number of benzene rings is 1. The standard InChI is InChI=1S/C25H30F3N3O2/c1-6-7-10-17(2)23-16-22(18(3)31(23)14-9-13-30(5)19(4)32)24(33)29-21-12-8-11-20(15-21)25(26,27)28/h6-8,10-12,15-16H,9,13-14H2,1-5H3,(H,29,33). The van der Waals surface area contributed by atoms with Crippen LogP contribution >= 0.6 is 0 Å². The molecule has 1 aromatic heterocycles. The Labute approximate surface area is 192 Å². The van der Waals surface area contributed by atoms with E-state index in [0.29, 0.717) is 30.8 Å². The summed E-state index contributed by atoms with van der Waals surface area (Å²) in [5.74, 6) is -0.503. The van der Waals surface area contributed by atoms with E-state index in [4.69, 9.17) is 0 Å². The van der Waals surface area contributed by atoms with Crippen LogP contribution in [-0.2, 0) is 17.5 Å². The first-order valence-electron chi connectivity index (χ1n) is 10.7. The zero-order chi connectivity index (χ0) is 24.8.